The molecule has 0 saturated heterocycles. The highest BCUT2D eigenvalue weighted by molar-refractivity contribution is 9.10. The molecule has 0 saturated carbocycles. The van der Waals surface area contributed by atoms with Crippen LogP contribution in [-0.2, 0) is 7.05 Å². The monoisotopic (exact) mass is 331 g/mol. The van der Waals surface area contributed by atoms with Gasteiger partial charge >= 0.3 is 6.03 Å². The molecule has 0 radical (unpaired) electrons. The molecule has 2 amide bonds. The Morgan fingerprint density at radius 3 is 2.68 bits per heavy atom. The Morgan fingerprint density at radius 2 is 2.16 bits per heavy atom. The molecule has 1 heterocycles. The highest BCUT2D eigenvalue weighted by atomic mass is 79.9. The fraction of sp³-hybridized carbons (Fsp3) is 0.500. The molecule has 106 valence electrons. The van der Waals surface area contributed by atoms with E-state index in [1.165, 1.54) is 10.8 Å². The van der Waals surface area contributed by atoms with E-state index in [9.17, 15) is 9.59 Å². The van der Waals surface area contributed by atoms with Crippen LogP contribution in [0.2, 0.25) is 0 Å². The maximum Gasteiger partial charge on any atom is 0.319 e. The first-order valence-corrected chi connectivity index (χ1v) is 6.69. The van der Waals surface area contributed by atoms with Crippen molar-refractivity contribution in [2.75, 3.05) is 11.9 Å². The normalized spacial score (nSPS) is 13.7. The van der Waals surface area contributed by atoms with Crippen molar-refractivity contribution >= 4 is 27.6 Å². The molecule has 19 heavy (non-hydrogen) atoms. The van der Waals surface area contributed by atoms with E-state index in [0.29, 0.717) is 10.2 Å². The Hall–Kier alpha value is -1.34. The summed E-state index contributed by atoms with van der Waals surface area (Å²) in [5.74, 6) is -0.0300. The van der Waals surface area contributed by atoms with Gasteiger partial charge in [-0.2, -0.15) is 0 Å². The van der Waals surface area contributed by atoms with Crippen LogP contribution in [0.3, 0.4) is 0 Å². The number of carbonyl (C=O) groups is 1. The molecule has 6 nitrogen and oxygen atoms in total. The lowest BCUT2D eigenvalue weighted by atomic mass is 10.1. The van der Waals surface area contributed by atoms with Gasteiger partial charge in [-0.3, -0.25) is 4.79 Å². The quantitative estimate of drug-likeness (QED) is 0.777. The van der Waals surface area contributed by atoms with Gasteiger partial charge in [0.2, 0.25) is 0 Å². The summed E-state index contributed by atoms with van der Waals surface area (Å²) in [7, 11) is 1.60. The van der Waals surface area contributed by atoms with Crippen molar-refractivity contribution in [3.8, 4) is 0 Å². The van der Waals surface area contributed by atoms with Gasteiger partial charge in [-0.25, -0.2) is 4.79 Å². The van der Waals surface area contributed by atoms with Gasteiger partial charge in [-0.05, 0) is 34.8 Å². The highest BCUT2D eigenvalue weighted by Crippen LogP contribution is 2.11. The molecule has 0 spiro atoms. The molecule has 0 aliphatic heterocycles. The van der Waals surface area contributed by atoms with Crippen LogP contribution in [0.15, 0.2) is 21.5 Å². The first-order valence-electron chi connectivity index (χ1n) is 5.89. The van der Waals surface area contributed by atoms with E-state index in [1.54, 1.807) is 13.1 Å². The standard InChI is InChI=1S/C12H18BrN3O3/c1-7(6-17)8(2)14-12(19)15-9-4-10(13)11(18)16(3)5-9/h4-5,7-8,17H,6H2,1-3H3,(H2,14,15,19). The number of nitrogens with zero attached hydrogens (tertiary/aromatic N) is 1. The van der Waals surface area contributed by atoms with Crippen molar-refractivity contribution in [2.45, 2.75) is 19.9 Å². The topological polar surface area (TPSA) is 83.4 Å². The van der Waals surface area contributed by atoms with Crippen LogP contribution in [0.25, 0.3) is 0 Å². The van der Waals surface area contributed by atoms with Gasteiger partial charge in [-0.1, -0.05) is 6.92 Å². The number of halogens is 1. The second-order valence-electron chi connectivity index (χ2n) is 4.54. The maximum absolute atomic E-state index is 11.7. The average Bonchev–Trinajstić information content (AvgIpc) is 2.34. The number of amides is 2. The number of aryl methyl sites for hydroxylation is 1. The van der Waals surface area contributed by atoms with E-state index in [2.05, 4.69) is 26.6 Å². The zero-order valence-corrected chi connectivity index (χ0v) is 12.7. The first kappa shape index (κ1) is 15.7. The summed E-state index contributed by atoms with van der Waals surface area (Å²) >= 11 is 3.13. The Morgan fingerprint density at radius 1 is 1.53 bits per heavy atom. The number of nitrogens with one attached hydrogen (secondary N) is 2. The lowest BCUT2D eigenvalue weighted by Gasteiger charge is -2.19. The summed E-state index contributed by atoms with van der Waals surface area (Å²) in [4.78, 5) is 23.2. The predicted molar refractivity (Wildman–Crippen MR) is 77.2 cm³/mol. The van der Waals surface area contributed by atoms with E-state index in [-0.39, 0.29) is 30.2 Å². The third kappa shape index (κ3) is 4.36. The van der Waals surface area contributed by atoms with E-state index < -0.39 is 0 Å². The molecule has 0 fully saturated rings. The molecule has 1 aromatic rings. The number of aromatic nitrogens is 1. The highest BCUT2D eigenvalue weighted by Gasteiger charge is 2.14. The Kier molecular flexibility index (Phi) is 5.56. The number of aliphatic hydroxyl groups excluding tert-OH is 1. The Bertz CT molecular complexity index is 489. The molecule has 1 aromatic heterocycles. The lowest BCUT2D eigenvalue weighted by Crippen LogP contribution is -2.41. The second kappa shape index (κ2) is 6.72. The zero-order chi connectivity index (χ0) is 14.6. The summed E-state index contributed by atoms with van der Waals surface area (Å²) < 4.78 is 1.75. The van der Waals surface area contributed by atoms with E-state index in [4.69, 9.17) is 5.11 Å². The number of rotatable bonds is 4. The maximum atomic E-state index is 11.7. The van der Waals surface area contributed by atoms with Crippen molar-refractivity contribution in [1.82, 2.24) is 9.88 Å². The molecule has 2 atom stereocenters. The van der Waals surface area contributed by atoms with E-state index in [1.807, 2.05) is 13.8 Å². The number of anilines is 1. The average molecular weight is 332 g/mol. The van der Waals surface area contributed by atoms with Crippen LogP contribution in [0.1, 0.15) is 13.8 Å². The molecule has 0 aliphatic rings. The van der Waals surface area contributed by atoms with Crippen molar-refractivity contribution in [3.63, 3.8) is 0 Å². The minimum atomic E-state index is -0.377. The minimum absolute atomic E-state index is 0.00678. The summed E-state index contributed by atoms with van der Waals surface area (Å²) in [5, 5.41) is 14.4. The number of urea groups is 1. The Balaban J connectivity index is 2.70. The molecule has 1 rings (SSSR count). The molecule has 0 bridgehead atoms. The molecule has 7 heteroatoms. The van der Waals surface area contributed by atoms with Crippen LogP contribution < -0.4 is 16.2 Å². The van der Waals surface area contributed by atoms with Crippen LogP contribution in [0.4, 0.5) is 10.5 Å². The smallest absolute Gasteiger partial charge is 0.319 e. The third-order valence-corrected chi connectivity index (χ3v) is 3.47. The summed E-state index contributed by atoms with van der Waals surface area (Å²) in [6, 6.07) is 1.02. The van der Waals surface area contributed by atoms with Crippen LogP contribution in [0, 0.1) is 5.92 Å². The first-order chi connectivity index (χ1) is 8.85. The van der Waals surface area contributed by atoms with Gasteiger partial charge in [-0.15, -0.1) is 0 Å². The van der Waals surface area contributed by atoms with Crippen LogP contribution in [0.5, 0.6) is 0 Å². The summed E-state index contributed by atoms with van der Waals surface area (Å²) in [6.07, 6.45) is 1.53. The predicted octanol–water partition coefficient (Wildman–Crippen LogP) is 1.29. The number of pyridine rings is 1. The van der Waals surface area contributed by atoms with Gasteiger partial charge < -0.3 is 20.3 Å². The van der Waals surface area contributed by atoms with Crippen molar-refractivity contribution in [2.24, 2.45) is 13.0 Å². The van der Waals surface area contributed by atoms with Gasteiger partial charge in [0.1, 0.15) is 0 Å². The molecule has 0 aliphatic carbocycles. The number of aliphatic hydroxyl groups is 1. The molecule has 2 unspecified atom stereocenters. The molecular formula is C12H18BrN3O3. The van der Waals surface area contributed by atoms with Gasteiger partial charge in [0.25, 0.3) is 5.56 Å². The molecule has 3 N–H and O–H groups in total. The Labute approximate surface area is 120 Å². The van der Waals surface area contributed by atoms with Gasteiger partial charge in [0.05, 0.1) is 10.2 Å². The van der Waals surface area contributed by atoms with Gasteiger partial charge in [0.15, 0.2) is 0 Å². The third-order valence-electron chi connectivity index (χ3n) is 2.90. The summed E-state index contributed by atoms with van der Waals surface area (Å²) in [5.41, 5.74) is 0.337. The van der Waals surface area contributed by atoms with Gasteiger partial charge in [0, 0.05) is 25.9 Å². The van der Waals surface area contributed by atoms with Crippen LogP contribution in [-0.4, -0.2) is 28.4 Å². The SMILES string of the molecule is CC(CO)C(C)NC(=O)Nc1cc(Br)c(=O)n(C)c1. The fourth-order valence-corrected chi connectivity index (χ4v) is 1.94. The van der Waals surface area contributed by atoms with E-state index >= 15 is 0 Å². The summed E-state index contributed by atoms with van der Waals surface area (Å²) in [6.45, 7) is 3.66. The number of carbonyl (C=O) groups excluding carboxylic acids is 1. The number of hydrogen-bond acceptors (Lipinski definition) is 3. The largest absolute Gasteiger partial charge is 0.396 e. The van der Waals surface area contributed by atoms with Crippen LogP contribution >= 0.6 is 15.9 Å². The number of hydrogen-bond donors (Lipinski definition) is 3. The molecular weight excluding hydrogens is 314 g/mol. The minimum Gasteiger partial charge on any atom is -0.396 e. The zero-order valence-electron chi connectivity index (χ0n) is 11.1. The van der Waals surface area contributed by atoms with Crippen molar-refractivity contribution in [3.05, 3.63) is 27.1 Å². The lowest BCUT2D eigenvalue weighted by molar-refractivity contribution is 0.204. The van der Waals surface area contributed by atoms with Crippen molar-refractivity contribution < 1.29 is 9.90 Å². The van der Waals surface area contributed by atoms with E-state index in [0.717, 1.165) is 0 Å². The fourth-order valence-electron chi connectivity index (χ4n) is 1.41. The van der Waals surface area contributed by atoms with Crippen molar-refractivity contribution in [1.29, 1.82) is 0 Å². The second-order valence-corrected chi connectivity index (χ2v) is 5.39. The molecule has 0 aromatic carbocycles.